The van der Waals surface area contributed by atoms with Crippen molar-refractivity contribution in [2.45, 2.75) is 25.8 Å². The third kappa shape index (κ3) is 2.72. The molecule has 0 saturated carbocycles. The molecule has 1 atom stereocenters. The summed E-state index contributed by atoms with van der Waals surface area (Å²) in [6.07, 6.45) is 2.32. The minimum atomic E-state index is -2.92. The zero-order valence-corrected chi connectivity index (χ0v) is 11.6. The monoisotopic (exact) mass is 270 g/mol. The molecular weight excluding hydrogens is 252 g/mol. The molecule has 100 valence electrons. The average Bonchev–Trinajstić information content (AvgIpc) is 2.56. The van der Waals surface area contributed by atoms with Crippen molar-refractivity contribution in [2.75, 3.05) is 29.2 Å². The second-order valence-electron chi connectivity index (χ2n) is 5.00. The van der Waals surface area contributed by atoms with Crippen LogP contribution in [0.4, 0.5) is 11.8 Å². The van der Waals surface area contributed by atoms with E-state index in [2.05, 4.69) is 20.6 Å². The predicted molar refractivity (Wildman–Crippen MR) is 71.6 cm³/mol. The van der Waals surface area contributed by atoms with Crippen LogP contribution < -0.4 is 10.6 Å². The number of rotatable bonds is 3. The van der Waals surface area contributed by atoms with Gasteiger partial charge in [0, 0.05) is 18.8 Å². The molecule has 0 aromatic carbocycles. The van der Waals surface area contributed by atoms with Gasteiger partial charge in [-0.05, 0) is 20.3 Å². The number of hydrogen-bond donors (Lipinski definition) is 2. The molecule has 1 aromatic heterocycles. The number of aromatic nitrogens is 2. The summed E-state index contributed by atoms with van der Waals surface area (Å²) in [6, 6.07) is 0. The van der Waals surface area contributed by atoms with E-state index >= 15 is 0 Å². The van der Waals surface area contributed by atoms with Gasteiger partial charge in [-0.25, -0.2) is 13.4 Å². The van der Waals surface area contributed by atoms with Crippen LogP contribution in [0.5, 0.6) is 0 Å². The predicted octanol–water partition coefficient (Wildman–Crippen LogP) is 0.816. The molecule has 0 bridgehead atoms. The summed E-state index contributed by atoms with van der Waals surface area (Å²) >= 11 is 0. The number of aryl methyl sites for hydroxylation is 1. The molecule has 0 radical (unpaired) electrons. The molecule has 2 N–H and O–H groups in total. The molecular formula is C11H18N4O2S. The molecule has 0 amide bonds. The lowest BCUT2D eigenvalue weighted by Crippen LogP contribution is -2.36. The highest BCUT2D eigenvalue weighted by molar-refractivity contribution is 7.91. The lowest BCUT2D eigenvalue weighted by atomic mass is 10.0. The van der Waals surface area contributed by atoms with E-state index in [4.69, 9.17) is 0 Å². The van der Waals surface area contributed by atoms with E-state index in [1.54, 1.807) is 13.2 Å². The van der Waals surface area contributed by atoms with Gasteiger partial charge < -0.3 is 10.6 Å². The zero-order valence-electron chi connectivity index (χ0n) is 10.8. The summed E-state index contributed by atoms with van der Waals surface area (Å²) in [7, 11) is -1.18. The Kier molecular flexibility index (Phi) is 3.18. The first-order chi connectivity index (χ1) is 8.34. The molecule has 6 nitrogen and oxygen atoms in total. The molecule has 1 aromatic rings. The van der Waals surface area contributed by atoms with Gasteiger partial charge in [0.2, 0.25) is 5.95 Å². The average molecular weight is 270 g/mol. The Morgan fingerprint density at radius 2 is 2.17 bits per heavy atom. The highest BCUT2D eigenvalue weighted by atomic mass is 32.2. The Bertz CT molecular complexity index is 558. The quantitative estimate of drug-likeness (QED) is 0.846. The second-order valence-corrected chi connectivity index (χ2v) is 7.19. The molecule has 2 heterocycles. The molecule has 2 rings (SSSR count). The van der Waals surface area contributed by atoms with E-state index in [1.165, 1.54) is 0 Å². The van der Waals surface area contributed by atoms with E-state index in [-0.39, 0.29) is 11.5 Å². The molecule has 1 fully saturated rings. The van der Waals surface area contributed by atoms with Gasteiger partial charge in [-0.3, -0.25) is 0 Å². The lowest BCUT2D eigenvalue weighted by Gasteiger charge is -2.25. The van der Waals surface area contributed by atoms with Gasteiger partial charge in [0.15, 0.2) is 9.84 Å². The molecule has 1 unspecified atom stereocenters. The smallest absolute Gasteiger partial charge is 0.224 e. The highest BCUT2D eigenvalue weighted by Gasteiger charge is 2.38. The minimum Gasteiger partial charge on any atom is -0.363 e. The number of hydrogen-bond acceptors (Lipinski definition) is 6. The van der Waals surface area contributed by atoms with Crippen LogP contribution in [0.25, 0.3) is 0 Å². The van der Waals surface area contributed by atoms with Gasteiger partial charge in [-0.15, -0.1) is 0 Å². The summed E-state index contributed by atoms with van der Waals surface area (Å²) in [4.78, 5) is 8.42. The summed E-state index contributed by atoms with van der Waals surface area (Å²) in [5.74, 6) is 1.60. The fourth-order valence-electron chi connectivity index (χ4n) is 2.08. The van der Waals surface area contributed by atoms with E-state index < -0.39 is 15.4 Å². The number of nitrogens with zero attached hydrogens (tertiary/aromatic N) is 2. The van der Waals surface area contributed by atoms with Crippen molar-refractivity contribution in [3.05, 3.63) is 11.8 Å². The van der Waals surface area contributed by atoms with Crippen LogP contribution in [0.1, 0.15) is 18.9 Å². The molecule has 1 saturated heterocycles. The van der Waals surface area contributed by atoms with E-state index in [1.807, 2.05) is 13.8 Å². The van der Waals surface area contributed by atoms with Crippen molar-refractivity contribution in [2.24, 2.45) is 0 Å². The van der Waals surface area contributed by atoms with Crippen molar-refractivity contribution in [3.63, 3.8) is 0 Å². The van der Waals surface area contributed by atoms with Gasteiger partial charge >= 0.3 is 0 Å². The first-order valence-electron chi connectivity index (χ1n) is 5.84. The van der Waals surface area contributed by atoms with Gasteiger partial charge in [-0.2, -0.15) is 4.98 Å². The Morgan fingerprint density at radius 1 is 1.44 bits per heavy atom. The van der Waals surface area contributed by atoms with Crippen LogP contribution in [0.2, 0.25) is 0 Å². The Hall–Kier alpha value is -1.37. The Labute approximate surface area is 107 Å². The molecule has 18 heavy (non-hydrogen) atoms. The van der Waals surface area contributed by atoms with Crippen molar-refractivity contribution >= 4 is 21.6 Å². The fourth-order valence-corrected chi connectivity index (χ4v) is 4.18. The zero-order chi connectivity index (χ0) is 13.4. The van der Waals surface area contributed by atoms with Gasteiger partial charge in [0.05, 0.1) is 17.0 Å². The van der Waals surface area contributed by atoms with Crippen molar-refractivity contribution < 1.29 is 8.42 Å². The SMILES string of the molecule is CNc1ncc(C)c(NC2(C)CCS(=O)(=O)C2)n1. The lowest BCUT2D eigenvalue weighted by molar-refractivity contribution is 0.571. The van der Waals surface area contributed by atoms with E-state index in [0.717, 1.165) is 5.56 Å². The maximum absolute atomic E-state index is 11.6. The summed E-state index contributed by atoms with van der Waals surface area (Å²) in [5.41, 5.74) is 0.461. The highest BCUT2D eigenvalue weighted by Crippen LogP contribution is 2.28. The summed E-state index contributed by atoms with van der Waals surface area (Å²) in [5, 5.41) is 6.11. The third-order valence-corrected chi connectivity index (χ3v) is 5.02. The van der Waals surface area contributed by atoms with Gasteiger partial charge in [-0.1, -0.05) is 0 Å². The largest absolute Gasteiger partial charge is 0.363 e. The Balaban J connectivity index is 2.24. The fraction of sp³-hybridized carbons (Fsp3) is 0.636. The van der Waals surface area contributed by atoms with Crippen molar-refractivity contribution in [1.29, 1.82) is 0 Å². The van der Waals surface area contributed by atoms with Crippen LogP contribution in [-0.4, -0.2) is 42.5 Å². The summed E-state index contributed by atoms with van der Waals surface area (Å²) in [6.45, 7) is 3.81. The second kappa shape index (κ2) is 4.38. The van der Waals surface area contributed by atoms with Crippen molar-refractivity contribution in [1.82, 2.24) is 9.97 Å². The molecule has 0 aliphatic carbocycles. The maximum Gasteiger partial charge on any atom is 0.224 e. The van der Waals surface area contributed by atoms with Gasteiger partial charge in [0.1, 0.15) is 5.82 Å². The molecule has 0 spiro atoms. The number of sulfone groups is 1. The normalized spacial score (nSPS) is 25.9. The first-order valence-corrected chi connectivity index (χ1v) is 7.66. The summed E-state index contributed by atoms with van der Waals surface area (Å²) < 4.78 is 23.1. The topological polar surface area (TPSA) is 84.0 Å². The van der Waals surface area contributed by atoms with E-state index in [0.29, 0.717) is 18.2 Å². The number of anilines is 2. The first kappa shape index (κ1) is 13.1. The molecule has 1 aliphatic rings. The van der Waals surface area contributed by atoms with Crippen LogP contribution in [0.15, 0.2) is 6.20 Å². The van der Waals surface area contributed by atoms with Crippen LogP contribution in [-0.2, 0) is 9.84 Å². The molecule has 7 heteroatoms. The van der Waals surface area contributed by atoms with Crippen LogP contribution in [0.3, 0.4) is 0 Å². The minimum absolute atomic E-state index is 0.151. The molecule has 1 aliphatic heterocycles. The van der Waals surface area contributed by atoms with Crippen LogP contribution >= 0.6 is 0 Å². The third-order valence-electron chi connectivity index (χ3n) is 3.12. The van der Waals surface area contributed by atoms with E-state index in [9.17, 15) is 8.42 Å². The van der Waals surface area contributed by atoms with Gasteiger partial charge in [0.25, 0.3) is 0 Å². The Morgan fingerprint density at radius 3 is 2.72 bits per heavy atom. The number of nitrogens with one attached hydrogen (secondary N) is 2. The van der Waals surface area contributed by atoms with Crippen molar-refractivity contribution in [3.8, 4) is 0 Å². The maximum atomic E-state index is 11.6. The standard InChI is InChI=1S/C11H18N4O2S/c1-8-6-13-10(12-3)14-9(8)15-11(2)4-5-18(16,17)7-11/h6H,4-5,7H2,1-3H3,(H2,12,13,14,15). The van der Waals surface area contributed by atoms with Crippen LogP contribution in [0, 0.1) is 6.92 Å².